The van der Waals surface area contributed by atoms with Crippen LogP contribution in [0.25, 0.3) is 0 Å². The van der Waals surface area contributed by atoms with Gasteiger partial charge in [0.1, 0.15) is 12.4 Å². The molecule has 1 saturated carbocycles. The molecule has 0 bridgehead atoms. The van der Waals surface area contributed by atoms with Crippen LogP contribution < -0.4 is 10.5 Å². The Kier molecular flexibility index (Phi) is 3.01. The first kappa shape index (κ1) is 11.2. The molecule has 0 heterocycles. The summed E-state index contributed by atoms with van der Waals surface area (Å²) in [4.78, 5) is 0. The molecule has 1 aromatic carbocycles. The highest BCUT2D eigenvalue weighted by Crippen LogP contribution is 2.36. The Morgan fingerprint density at radius 2 is 2.25 bits per heavy atom. The van der Waals surface area contributed by atoms with Crippen LogP contribution in [0.2, 0.25) is 0 Å². The molecule has 0 atom stereocenters. The lowest BCUT2D eigenvalue weighted by atomic mass is 10.1. The Morgan fingerprint density at radius 1 is 1.50 bits per heavy atom. The van der Waals surface area contributed by atoms with Gasteiger partial charge in [0.05, 0.1) is 0 Å². The predicted octanol–water partition coefficient (Wildman–Crippen LogP) is 2.68. The van der Waals surface area contributed by atoms with E-state index in [0.29, 0.717) is 6.61 Å². The van der Waals surface area contributed by atoms with Crippen molar-refractivity contribution in [1.29, 1.82) is 0 Å². The minimum Gasteiger partial charge on any atom is -0.489 e. The average Bonchev–Trinajstić information content (AvgIpc) is 2.93. The molecule has 1 fully saturated rings. The Morgan fingerprint density at radius 3 is 2.88 bits per heavy atom. The van der Waals surface area contributed by atoms with E-state index in [4.69, 9.17) is 10.5 Å². The van der Waals surface area contributed by atoms with Crippen LogP contribution in [0, 0.1) is 0 Å². The SMILES string of the molecule is C=C(C)COc1cccc(CC2(N)CC2)c1. The first-order valence-corrected chi connectivity index (χ1v) is 5.72. The van der Waals surface area contributed by atoms with Gasteiger partial charge >= 0.3 is 0 Å². The van der Waals surface area contributed by atoms with Crippen molar-refractivity contribution in [2.75, 3.05) is 6.61 Å². The first-order chi connectivity index (χ1) is 7.57. The second kappa shape index (κ2) is 4.30. The molecule has 0 aliphatic heterocycles. The topological polar surface area (TPSA) is 35.2 Å². The standard InChI is InChI=1S/C14H19NO/c1-11(2)10-16-13-5-3-4-12(8-13)9-14(15)6-7-14/h3-5,8H,1,6-7,9-10,15H2,2H3. The van der Waals surface area contributed by atoms with E-state index in [0.717, 1.165) is 30.6 Å². The third-order valence-corrected chi connectivity index (χ3v) is 2.83. The minimum absolute atomic E-state index is 0.0625. The summed E-state index contributed by atoms with van der Waals surface area (Å²) in [5.41, 5.74) is 8.45. The smallest absolute Gasteiger partial charge is 0.120 e. The van der Waals surface area contributed by atoms with Crippen molar-refractivity contribution >= 4 is 0 Å². The van der Waals surface area contributed by atoms with Crippen molar-refractivity contribution in [2.24, 2.45) is 5.73 Å². The van der Waals surface area contributed by atoms with E-state index in [1.54, 1.807) is 0 Å². The Labute approximate surface area is 97.1 Å². The Balaban J connectivity index is 1.98. The predicted molar refractivity (Wildman–Crippen MR) is 66.6 cm³/mol. The molecule has 0 aromatic heterocycles. The van der Waals surface area contributed by atoms with E-state index < -0.39 is 0 Å². The number of hydrogen-bond acceptors (Lipinski definition) is 2. The Bertz CT molecular complexity index is 393. The van der Waals surface area contributed by atoms with Gasteiger partial charge in [0.15, 0.2) is 0 Å². The maximum Gasteiger partial charge on any atom is 0.120 e. The molecule has 0 unspecified atom stereocenters. The van der Waals surface area contributed by atoms with E-state index in [1.165, 1.54) is 5.56 Å². The summed E-state index contributed by atoms with van der Waals surface area (Å²) in [5.74, 6) is 0.907. The van der Waals surface area contributed by atoms with E-state index >= 15 is 0 Å². The largest absolute Gasteiger partial charge is 0.489 e. The maximum absolute atomic E-state index is 6.10. The van der Waals surface area contributed by atoms with E-state index in [9.17, 15) is 0 Å². The van der Waals surface area contributed by atoms with Gasteiger partial charge in [-0.2, -0.15) is 0 Å². The monoisotopic (exact) mass is 217 g/mol. The maximum atomic E-state index is 6.10. The number of hydrogen-bond donors (Lipinski definition) is 1. The second-order valence-electron chi connectivity index (χ2n) is 4.93. The van der Waals surface area contributed by atoms with Gasteiger partial charge in [-0.15, -0.1) is 0 Å². The van der Waals surface area contributed by atoms with Gasteiger partial charge in [-0.25, -0.2) is 0 Å². The van der Waals surface area contributed by atoms with Crippen LogP contribution in [-0.4, -0.2) is 12.1 Å². The van der Waals surface area contributed by atoms with Gasteiger partial charge in [-0.3, -0.25) is 0 Å². The van der Waals surface area contributed by atoms with Crippen molar-refractivity contribution in [3.05, 3.63) is 42.0 Å². The second-order valence-corrected chi connectivity index (χ2v) is 4.93. The summed E-state index contributed by atoms with van der Waals surface area (Å²) in [7, 11) is 0. The third-order valence-electron chi connectivity index (χ3n) is 2.83. The number of nitrogens with two attached hydrogens (primary N) is 1. The lowest BCUT2D eigenvalue weighted by Gasteiger charge is -2.11. The lowest BCUT2D eigenvalue weighted by Crippen LogP contribution is -2.24. The molecule has 0 saturated heterocycles. The van der Waals surface area contributed by atoms with Gasteiger partial charge in [-0.1, -0.05) is 18.7 Å². The number of rotatable bonds is 5. The molecule has 2 N–H and O–H groups in total. The van der Waals surface area contributed by atoms with E-state index in [2.05, 4.69) is 18.7 Å². The summed E-state index contributed by atoms with van der Waals surface area (Å²) in [6, 6.07) is 8.19. The van der Waals surface area contributed by atoms with Crippen LogP contribution in [0.5, 0.6) is 5.75 Å². The van der Waals surface area contributed by atoms with Crippen LogP contribution in [0.1, 0.15) is 25.3 Å². The molecule has 16 heavy (non-hydrogen) atoms. The van der Waals surface area contributed by atoms with Crippen LogP contribution >= 0.6 is 0 Å². The normalized spacial score (nSPS) is 16.9. The van der Waals surface area contributed by atoms with Crippen molar-refractivity contribution in [3.63, 3.8) is 0 Å². The lowest BCUT2D eigenvalue weighted by molar-refractivity contribution is 0.352. The zero-order chi connectivity index (χ0) is 11.6. The molecule has 1 aliphatic carbocycles. The molecule has 2 rings (SSSR count). The van der Waals surface area contributed by atoms with Gasteiger partial charge in [0, 0.05) is 5.54 Å². The van der Waals surface area contributed by atoms with E-state index in [1.807, 2.05) is 19.1 Å². The zero-order valence-corrected chi connectivity index (χ0v) is 9.83. The molecular weight excluding hydrogens is 198 g/mol. The van der Waals surface area contributed by atoms with Crippen molar-refractivity contribution < 1.29 is 4.74 Å². The molecule has 2 heteroatoms. The third kappa shape index (κ3) is 3.11. The molecule has 0 spiro atoms. The van der Waals surface area contributed by atoms with Crippen LogP contribution in [-0.2, 0) is 6.42 Å². The zero-order valence-electron chi connectivity index (χ0n) is 9.83. The fourth-order valence-electron chi connectivity index (χ4n) is 1.70. The van der Waals surface area contributed by atoms with Crippen molar-refractivity contribution in [1.82, 2.24) is 0 Å². The molecule has 1 aromatic rings. The summed E-state index contributed by atoms with van der Waals surface area (Å²) >= 11 is 0. The molecule has 86 valence electrons. The summed E-state index contributed by atoms with van der Waals surface area (Å²) < 4.78 is 5.60. The molecule has 2 nitrogen and oxygen atoms in total. The highest BCUT2D eigenvalue weighted by molar-refractivity contribution is 5.31. The van der Waals surface area contributed by atoms with Gasteiger partial charge < -0.3 is 10.5 Å². The summed E-state index contributed by atoms with van der Waals surface area (Å²) in [6.45, 7) is 6.36. The van der Waals surface area contributed by atoms with Crippen LogP contribution in [0.4, 0.5) is 0 Å². The fourth-order valence-corrected chi connectivity index (χ4v) is 1.70. The van der Waals surface area contributed by atoms with Gasteiger partial charge in [-0.05, 0) is 49.5 Å². The van der Waals surface area contributed by atoms with Crippen LogP contribution in [0.3, 0.4) is 0 Å². The summed E-state index contributed by atoms with van der Waals surface area (Å²) in [6.07, 6.45) is 3.24. The van der Waals surface area contributed by atoms with Gasteiger partial charge in [0.2, 0.25) is 0 Å². The molecule has 0 amide bonds. The number of ether oxygens (including phenoxy) is 1. The minimum atomic E-state index is 0.0625. The fraction of sp³-hybridized carbons (Fsp3) is 0.429. The molecule has 0 radical (unpaired) electrons. The highest BCUT2D eigenvalue weighted by atomic mass is 16.5. The van der Waals surface area contributed by atoms with Gasteiger partial charge in [0.25, 0.3) is 0 Å². The summed E-state index contributed by atoms with van der Waals surface area (Å²) in [5, 5.41) is 0. The highest BCUT2D eigenvalue weighted by Gasteiger charge is 2.37. The van der Waals surface area contributed by atoms with Crippen molar-refractivity contribution in [2.45, 2.75) is 31.7 Å². The average molecular weight is 217 g/mol. The molecular formula is C14H19NO. The Hall–Kier alpha value is -1.28. The molecule has 1 aliphatic rings. The van der Waals surface area contributed by atoms with Crippen molar-refractivity contribution in [3.8, 4) is 5.75 Å². The quantitative estimate of drug-likeness (QED) is 0.770. The number of benzene rings is 1. The first-order valence-electron chi connectivity index (χ1n) is 5.72. The van der Waals surface area contributed by atoms with Crippen LogP contribution in [0.15, 0.2) is 36.4 Å². The van der Waals surface area contributed by atoms with E-state index in [-0.39, 0.29) is 5.54 Å².